The molecule has 0 amide bonds. The third-order valence-corrected chi connectivity index (χ3v) is 4.48. The Morgan fingerprint density at radius 2 is 2.19 bits per heavy atom. The third-order valence-electron chi connectivity index (χ3n) is 3.27. The Kier molecular flexibility index (Phi) is 4.68. The molecule has 1 aliphatic carbocycles. The summed E-state index contributed by atoms with van der Waals surface area (Å²) >= 11 is 9.38. The fourth-order valence-electron chi connectivity index (χ4n) is 1.97. The molecule has 0 heterocycles. The topological polar surface area (TPSA) is 12.0 Å². The highest BCUT2D eigenvalue weighted by molar-refractivity contribution is 9.10. The van der Waals surface area contributed by atoms with E-state index in [0.29, 0.717) is 0 Å². The van der Waals surface area contributed by atoms with Crippen LogP contribution in [0.1, 0.15) is 31.2 Å². The van der Waals surface area contributed by atoms with Crippen molar-refractivity contribution in [2.75, 3.05) is 6.54 Å². The van der Waals surface area contributed by atoms with Crippen molar-refractivity contribution in [1.29, 1.82) is 0 Å². The van der Waals surface area contributed by atoms with E-state index in [1.165, 1.54) is 31.2 Å². The first-order chi connectivity index (χ1) is 7.75. The molecular weight excluding hydrogens is 286 g/mol. The van der Waals surface area contributed by atoms with Crippen LogP contribution in [-0.2, 0) is 6.54 Å². The second-order valence-corrected chi connectivity index (χ2v) is 5.77. The SMILES string of the molecule is Clc1ccc(CNCCC2CCC2)cc1Br. The summed E-state index contributed by atoms with van der Waals surface area (Å²) in [6, 6.07) is 6.09. The van der Waals surface area contributed by atoms with E-state index in [0.717, 1.165) is 28.5 Å². The number of hydrogen-bond acceptors (Lipinski definition) is 1. The first-order valence-electron chi connectivity index (χ1n) is 5.90. The van der Waals surface area contributed by atoms with Crippen LogP contribution in [0.15, 0.2) is 22.7 Å². The molecular formula is C13H17BrClN. The number of rotatable bonds is 5. The predicted molar refractivity (Wildman–Crippen MR) is 72.8 cm³/mol. The average Bonchev–Trinajstić information content (AvgIpc) is 2.20. The molecule has 1 aromatic rings. The smallest absolute Gasteiger partial charge is 0.0548 e. The van der Waals surface area contributed by atoms with E-state index in [-0.39, 0.29) is 0 Å². The maximum atomic E-state index is 5.94. The van der Waals surface area contributed by atoms with Crippen LogP contribution < -0.4 is 5.32 Å². The number of benzene rings is 1. The van der Waals surface area contributed by atoms with Crippen LogP contribution in [0.25, 0.3) is 0 Å². The fraction of sp³-hybridized carbons (Fsp3) is 0.538. The molecule has 0 bridgehead atoms. The first kappa shape index (κ1) is 12.4. The molecule has 0 radical (unpaired) electrons. The van der Waals surface area contributed by atoms with Crippen molar-refractivity contribution in [1.82, 2.24) is 5.32 Å². The molecule has 0 spiro atoms. The Bertz CT molecular complexity index is 350. The van der Waals surface area contributed by atoms with Crippen LogP contribution in [0, 0.1) is 5.92 Å². The summed E-state index contributed by atoms with van der Waals surface area (Å²) in [4.78, 5) is 0. The van der Waals surface area contributed by atoms with Crippen LogP contribution >= 0.6 is 27.5 Å². The van der Waals surface area contributed by atoms with Gasteiger partial charge in [0.15, 0.2) is 0 Å². The van der Waals surface area contributed by atoms with Crippen molar-refractivity contribution >= 4 is 27.5 Å². The summed E-state index contributed by atoms with van der Waals surface area (Å²) in [7, 11) is 0. The quantitative estimate of drug-likeness (QED) is 0.796. The van der Waals surface area contributed by atoms with Gasteiger partial charge in [-0.2, -0.15) is 0 Å². The van der Waals surface area contributed by atoms with Crippen LogP contribution in [0.5, 0.6) is 0 Å². The summed E-state index contributed by atoms with van der Waals surface area (Å²) < 4.78 is 0.979. The van der Waals surface area contributed by atoms with Crippen molar-refractivity contribution in [3.05, 3.63) is 33.3 Å². The molecule has 0 saturated heterocycles. The minimum Gasteiger partial charge on any atom is -0.313 e. The largest absolute Gasteiger partial charge is 0.313 e. The molecule has 3 heteroatoms. The number of halogens is 2. The van der Waals surface area contributed by atoms with Gasteiger partial charge in [-0.05, 0) is 52.5 Å². The standard InChI is InChI=1S/C13H17BrClN/c14-12-8-11(4-5-13(12)15)9-16-7-6-10-2-1-3-10/h4-5,8,10,16H,1-3,6-7,9H2. The van der Waals surface area contributed by atoms with E-state index in [2.05, 4.69) is 33.4 Å². The van der Waals surface area contributed by atoms with Crippen molar-refractivity contribution in [3.63, 3.8) is 0 Å². The van der Waals surface area contributed by atoms with Crippen LogP contribution in [-0.4, -0.2) is 6.54 Å². The Balaban J connectivity index is 1.69. The van der Waals surface area contributed by atoms with Gasteiger partial charge in [0.25, 0.3) is 0 Å². The molecule has 0 aromatic heterocycles. The summed E-state index contributed by atoms with van der Waals surface area (Å²) in [5, 5.41) is 4.26. The second kappa shape index (κ2) is 6.04. The van der Waals surface area contributed by atoms with E-state index in [1.807, 2.05) is 6.07 Å². The van der Waals surface area contributed by atoms with Crippen LogP contribution in [0.4, 0.5) is 0 Å². The maximum Gasteiger partial charge on any atom is 0.0548 e. The Labute approximate surface area is 111 Å². The Morgan fingerprint density at radius 1 is 1.38 bits per heavy atom. The predicted octanol–water partition coefficient (Wildman–Crippen LogP) is 4.38. The lowest BCUT2D eigenvalue weighted by Gasteiger charge is -2.25. The lowest BCUT2D eigenvalue weighted by molar-refractivity contribution is 0.292. The van der Waals surface area contributed by atoms with Crippen molar-refractivity contribution in [3.8, 4) is 0 Å². The number of hydrogen-bond donors (Lipinski definition) is 1. The van der Waals surface area contributed by atoms with Gasteiger partial charge in [-0.1, -0.05) is 36.9 Å². The molecule has 0 aliphatic heterocycles. The molecule has 0 unspecified atom stereocenters. The molecule has 1 N–H and O–H groups in total. The summed E-state index contributed by atoms with van der Waals surface area (Å²) in [6.07, 6.45) is 5.64. The highest BCUT2D eigenvalue weighted by atomic mass is 79.9. The molecule has 16 heavy (non-hydrogen) atoms. The molecule has 88 valence electrons. The molecule has 1 fully saturated rings. The zero-order valence-electron chi connectivity index (χ0n) is 9.31. The molecule has 1 aromatic carbocycles. The normalized spacial score (nSPS) is 16.1. The second-order valence-electron chi connectivity index (χ2n) is 4.51. The van der Waals surface area contributed by atoms with E-state index in [1.54, 1.807) is 0 Å². The zero-order chi connectivity index (χ0) is 11.4. The van der Waals surface area contributed by atoms with Gasteiger partial charge in [-0.3, -0.25) is 0 Å². The van der Waals surface area contributed by atoms with E-state index >= 15 is 0 Å². The van der Waals surface area contributed by atoms with Crippen molar-refractivity contribution in [2.45, 2.75) is 32.2 Å². The van der Waals surface area contributed by atoms with E-state index in [4.69, 9.17) is 11.6 Å². The van der Waals surface area contributed by atoms with Gasteiger partial charge in [-0.25, -0.2) is 0 Å². The van der Waals surface area contributed by atoms with Crippen molar-refractivity contribution < 1.29 is 0 Å². The van der Waals surface area contributed by atoms with Gasteiger partial charge in [0.1, 0.15) is 0 Å². The Morgan fingerprint density at radius 3 is 2.81 bits per heavy atom. The minimum absolute atomic E-state index is 0.776. The van der Waals surface area contributed by atoms with Crippen molar-refractivity contribution in [2.24, 2.45) is 5.92 Å². The monoisotopic (exact) mass is 301 g/mol. The Hall–Kier alpha value is -0.0500. The van der Waals surface area contributed by atoms with Gasteiger partial charge in [0, 0.05) is 11.0 Å². The molecule has 1 nitrogen and oxygen atoms in total. The van der Waals surface area contributed by atoms with E-state index < -0.39 is 0 Å². The third kappa shape index (κ3) is 3.47. The van der Waals surface area contributed by atoms with Gasteiger partial charge in [0.05, 0.1) is 5.02 Å². The van der Waals surface area contributed by atoms with Crippen LogP contribution in [0.2, 0.25) is 5.02 Å². The highest BCUT2D eigenvalue weighted by Crippen LogP contribution is 2.28. The molecule has 1 saturated carbocycles. The van der Waals surface area contributed by atoms with Gasteiger partial charge in [0.2, 0.25) is 0 Å². The maximum absolute atomic E-state index is 5.94. The van der Waals surface area contributed by atoms with Gasteiger partial charge >= 0.3 is 0 Å². The minimum atomic E-state index is 0.776. The molecule has 0 atom stereocenters. The van der Waals surface area contributed by atoms with Gasteiger partial charge < -0.3 is 5.32 Å². The lowest BCUT2D eigenvalue weighted by Crippen LogP contribution is -2.21. The average molecular weight is 303 g/mol. The zero-order valence-corrected chi connectivity index (χ0v) is 11.6. The lowest BCUT2D eigenvalue weighted by atomic mass is 9.83. The van der Waals surface area contributed by atoms with E-state index in [9.17, 15) is 0 Å². The van der Waals surface area contributed by atoms with Gasteiger partial charge in [-0.15, -0.1) is 0 Å². The van der Waals surface area contributed by atoms with Crippen LogP contribution in [0.3, 0.4) is 0 Å². The summed E-state index contributed by atoms with van der Waals surface area (Å²) in [6.45, 7) is 2.06. The molecule has 1 aliphatic rings. The fourth-order valence-corrected chi connectivity index (χ4v) is 2.51. The first-order valence-corrected chi connectivity index (χ1v) is 7.07. The highest BCUT2D eigenvalue weighted by Gasteiger charge is 2.16. The summed E-state index contributed by atoms with van der Waals surface area (Å²) in [5.41, 5.74) is 1.28. The summed E-state index contributed by atoms with van der Waals surface area (Å²) in [5.74, 6) is 0.990. The number of nitrogens with one attached hydrogen (secondary N) is 1. The molecule has 2 rings (SSSR count).